The van der Waals surface area contributed by atoms with Gasteiger partial charge in [0.25, 0.3) is 0 Å². The predicted molar refractivity (Wildman–Crippen MR) is 64.9 cm³/mol. The van der Waals surface area contributed by atoms with E-state index in [4.69, 9.17) is 11.5 Å². The van der Waals surface area contributed by atoms with Gasteiger partial charge in [0.1, 0.15) is 5.82 Å². The number of amides is 1. The van der Waals surface area contributed by atoms with Gasteiger partial charge in [0.15, 0.2) is 0 Å². The Labute approximate surface area is 96.9 Å². The summed E-state index contributed by atoms with van der Waals surface area (Å²) >= 11 is 1.54. The van der Waals surface area contributed by atoms with Crippen molar-refractivity contribution in [2.75, 3.05) is 5.73 Å². The van der Waals surface area contributed by atoms with Crippen LogP contribution in [-0.2, 0) is 11.2 Å². The summed E-state index contributed by atoms with van der Waals surface area (Å²) in [6, 6.07) is 7.55. The Morgan fingerprint density at radius 1 is 1.38 bits per heavy atom. The molecule has 0 bridgehead atoms. The smallest absolute Gasteiger partial charge is 0.222 e. The molecule has 0 unspecified atom stereocenters. The summed E-state index contributed by atoms with van der Waals surface area (Å²) in [5, 5.41) is 0. The Morgan fingerprint density at radius 3 is 2.88 bits per heavy atom. The highest BCUT2D eigenvalue weighted by Crippen LogP contribution is 2.28. The molecule has 0 atom stereocenters. The summed E-state index contributed by atoms with van der Waals surface area (Å²) < 4.78 is 0. The molecule has 0 fully saturated rings. The number of anilines is 1. The maximum atomic E-state index is 10.8. The van der Waals surface area contributed by atoms with Crippen LogP contribution in [0.25, 0.3) is 10.4 Å². The summed E-state index contributed by atoms with van der Waals surface area (Å²) in [6.45, 7) is 0. The van der Waals surface area contributed by atoms with E-state index < -0.39 is 0 Å². The molecule has 2 rings (SSSR count). The van der Waals surface area contributed by atoms with E-state index in [2.05, 4.69) is 4.98 Å². The number of nitrogen functional groups attached to an aromatic ring is 1. The zero-order valence-electron chi connectivity index (χ0n) is 8.51. The minimum Gasteiger partial charge on any atom is -0.384 e. The normalized spacial score (nSPS) is 10.2. The van der Waals surface area contributed by atoms with E-state index in [-0.39, 0.29) is 12.3 Å². The molecule has 0 saturated carbocycles. The van der Waals surface area contributed by atoms with Gasteiger partial charge in [-0.2, -0.15) is 0 Å². The molecule has 4 nitrogen and oxygen atoms in total. The lowest BCUT2D eigenvalue weighted by atomic mass is 10.2. The van der Waals surface area contributed by atoms with Crippen LogP contribution in [0.4, 0.5) is 5.82 Å². The van der Waals surface area contributed by atoms with Crippen LogP contribution in [0.15, 0.2) is 30.5 Å². The van der Waals surface area contributed by atoms with Crippen molar-refractivity contribution < 1.29 is 4.79 Å². The van der Waals surface area contributed by atoms with E-state index in [1.165, 1.54) is 11.3 Å². The van der Waals surface area contributed by atoms with Crippen LogP contribution in [0.3, 0.4) is 0 Å². The van der Waals surface area contributed by atoms with Gasteiger partial charge in [-0.1, -0.05) is 0 Å². The second kappa shape index (κ2) is 4.32. The lowest BCUT2D eigenvalue weighted by Crippen LogP contribution is -2.12. The zero-order valence-corrected chi connectivity index (χ0v) is 9.33. The standard InChI is InChI=1S/C11H11N3OS/c12-10-5-7(3-4-14-10)9-2-1-8(16-9)6-11(13)15/h1-5H,6H2,(H2,12,14)(H2,13,15). The molecular weight excluding hydrogens is 222 g/mol. The fraction of sp³-hybridized carbons (Fsp3) is 0.0909. The summed E-state index contributed by atoms with van der Waals surface area (Å²) in [4.78, 5) is 16.7. The van der Waals surface area contributed by atoms with Crippen LogP contribution in [-0.4, -0.2) is 10.9 Å². The highest BCUT2D eigenvalue weighted by atomic mass is 32.1. The summed E-state index contributed by atoms with van der Waals surface area (Å²) in [5.74, 6) is 0.171. The fourth-order valence-corrected chi connectivity index (χ4v) is 2.42. The van der Waals surface area contributed by atoms with Gasteiger partial charge in [0.05, 0.1) is 6.42 Å². The molecule has 0 saturated heterocycles. The van der Waals surface area contributed by atoms with E-state index >= 15 is 0 Å². The monoisotopic (exact) mass is 233 g/mol. The molecule has 2 aromatic heterocycles. The Hall–Kier alpha value is -1.88. The molecule has 0 aromatic carbocycles. The molecule has 5 heteroatoms. The first-order chi connectivity index (χ1) is 7.65. The summed E-state index contributed by atoms with van der Waals surface area (Å²) in [6.07, 6.45) is 1.95. The average Bonchev–Trinajstić information content (AvgIpc) is 2.65. The van der Waals surface area contributed by atoms with Crippen molar-refractivity contribution >= 4 is 23.1 Å². The van der Waals surface area contributed by atoms with E-state index in [9.17, 15) is 4.79 Å². The molecule has 1 amide bonds. The van der Waals surface area contributed by atoms with Gasteiger partial charge >= 0.3 is 0 Å². The maximum absolute atomic E-state index is 10.8. The molecule has 0 aliphatic carbocycles. The summed E-state index contributed by atoms with van der Waals surface area (Å²) in [7, 11) is 0. The third-order valence-electron chi connectivity index (χ3n) is 2.08. The van der Waals surface area contributed by atoms with Gasteiger partial charge < -0.3 is 11.5 Å². The Kier molecular flexibility index (Phi) is 2.87. The first-order valence-corrected chi connectivity index (χ1v) is 5.56. The number of hydrogen-bond acceptors (Lipinski definition) is 4. The maximum Gasteiger partial charge on any atom is 0.222 e. The van der Waals surface area contributed by atoms with Gasteiger partial charge in [-0.05, 0) is 29.8 Å². The number of thiophene rings is 1. The van der Waals surface area contributed by atoms with Crippen LogP contribution in [0, 0.1) is 0 Å². The number of carbonyl (C=O) groups excluding carboxylic acids is 1. The van der Waals surface area contributed by atoms with Gasteiger partial charge in [-0.25, -0.2) is 4.98 Å². The average molecular weight is 233 g/mol. The van der Waals surface area contributed by atoms with Crippen molar-refractivity contribution in [2.24, 2.45) is 5.73 Å². The van der Waals surface area contributed by atoms with Crippen molar-refractivity contribution in [3.05, 3.63) is 35.3 Å². The predicted octanol–water partition coefficient (Wildman–Crippen LogP) is 1.42. The highest BCUT2D eigenvalue weighted by molar-refractivity contribution is 7.15. The molecule has 0 spiro atoms. The summed E-state index contributed by atoms with van der Waals surface area (Å²) in [5.41, 5.74) is 11.7. The molecule has 82 valence electrons. The molecule has 0 aliphatic rings. The van der Waals surface area contributed by atoms with Crippen LogP contribution in [0.5, 0.6) is 0 Å². The molecule has 2 aromatic rings. The number of rotatable bonds is 3. The highest BCUT2D eigenvalue weighted by Gasteiger charge is 2.05. The molecule has 4 N–H and O–H groups in total. The number of primary amides is 1. The zero-order chi connectivity index (χ0) is 11.5. The molecule has 0 radical (unpaired) electrons. The second-order valence-corrected chi connectivity index (χ2v) is 4.55. The molecular formula is C11H11N3OS. The van der Waals surface area contributed by atoms with E-state index in [1.807, 2.05) is 18.2 Å². The number of pyridine rings is 1. The van der Waals surface area contributed by atoms with Crippen LogP contribution >= 0.6 is 11.3 Å². The molecule has 16 heavy (non-hydrogen) atoms. The lowest BCUT2D eigenvalue weighted by Gasteiger charge is -1.97. The third-order valence-corrected chi connectivity index (χ3v) is 3.21. The van der Waals surface area contributed by atoms with E-state index in [0.717, 1.165) is 15.3 Å². The van der Waals surface area contributed by atoms with Gasteiger partial charge in [0.2, 0.25) is 5.91 Å². The largest absolute Gasteiger partial charge is 0.384 e. The van der Waals surface area contributed by atoms with Gasteiger partial charge in [0, 0.05) is 16.0 Å². The first-order valence-electron chi connectivity index (χ1n) is 4.74. The van der Waals surface area contributed by atoms with Crippen molar-refractivity contribution in [3.63, 3.8) is 0 Å². The van der Waals surface area contributed by atoms with Crippen LogP contribution in [0.1, 0.15) is 4.88 Å². The number of hydrogen-bond donors (Lipinski definition) is 2. The van der Waals surface area contributed by atoms with E-state index in [1.54, 1.807) is 12.3 Å². The topological polar surface area (TPSA) is 82.0 Å². The number of aromatic nitrogens is 1. The molecule has 0 aliphatic heterocycles. The minimum absolute atomic E-state index is 0.283. The Morgan fingerprint density at radius 2 is 2.19 bits per heavy atom. The van der Waals surface area contributed by atoms with Crippen LogP contribution in [0.2, 0.25) is 0 Å². The SMILES string of the molecule is NC(=O)Cc1ccc(-c2ccnc(N)c2)s1. The van der Waals surface area contributed by atoms with Gasteiger partial charge in [-0.15, -0.1) is 11.3 Å². The second-order valence-electron chi connectivity index (χ2n) is 3.38. The fourth-order valence-electron chi connectivity index (χ4n) is 1.40. The van der Waals surface area contributed by atoms with Crippen LogP contribution < -0.4 is 11.5 Å². The number of nitrogens with zero attached hydrogens (tertiary/aromatic N) is 1. The van der Waals surface area contributed by atoms with Gasteiger partial charge in [-0.3, -0.25) is 4.79 Å². The third kappa shape index (κ3) is 2.38. The molecule has 2 heterocycles. The lowest BCUT2D eigenvalue weighted by molar-refractivity contribution is -0.117. The van der Waals surface area contributed by atoms with Crippen molar-refractivity contribution in [3.8, 4) is 10.4 Å². The minimum atomic E-state index is -0.317. The Bertz CT molecular complexity index is 521. The quantitative estimate of drug-likeness (QED) is 0.841. The number of nitrogens with two attached hydrogens (primary N) is 2. The van der Waals surface area contributed by atoms with E-state index in [0.29, 0.717) is 5.82 Å². The number of carbonyl (C=O) groups is 1. The van der Waals surface area contributed by atoms with Crippen molar-refractivity contribution in [1.29, 1.82) is 0 Å². The Balaban J connectivity index is 2.28. The first kappa shape index (κ1) is 10.6. The van der Waals surface area contributed by atoms with Crippen molar-refractivity contribution in [2.45, 2.75) is 6.42 Å². The van der Waals surface area contributed by atoms with Crippen molar-refractivity contribution in [1.82, 2.24) is 4.98 Å².